The van der Waals surface area contributed by atoms with Crippen LogP contribution in [-0.2, 0) is 4.79 Å². The van der Waals surface area contributed by atoms with E-state index in [1.54, 1.807) is 6.92 Å². The lowest BCUT2D eigenvalue weighted by Crippen LogP contribution is -2.39. The maximum Gasteiger partial charge on any atom is 0.243 e. The van der Waals surface area contributed by atoms with Gasteiger partial charge < -0.3 is 9.51 Å². The van der Waals surface area contributed by atoms with Crippen molar-refractivity contribution in [1.29, 1.82) is 0 Å². The molecule has 0 radical (unpaired) electrons. The molecule has 0 bridgehead atoms. The zero-order valence-corrected chi connectivity index (χ0v) is 14.0. The molecular formula is C17H20N6O2. The molecule has 2 N–H and O–H groups in total. The molecule has 0 saturated carbocycles. The number of hydrogen-bond acceptors (Lipinski definition) is 6. The van der Waals surface area contributed by atoms with E-state index in [1.807, 2.05) is 24.3 Å². The molecule has 0 spiro atoms. The first-order valence-electron chi connectivity index (χ1n) is 8.48. The lowest BCUT2D eigenvalue weighted by molar-refractivity contribution is -0.118. The van der Waals surface area contributed by atoms with Gasteiger partial charge in [0.15, 0.2) is 5.82 Å². The van der Waals surface area contributed by atoms with Crippen LogP contribution >= 0.6 is 0 Å². The first kappa shape index (κ1) is 15.8. The SMILES string of the molecule is Cc1noc([C@H]2CCCCN2CC(=O)Nc2nc3ccccc3[nH]2)n1. The number of nitrogens with zero attached hydrogens (tertiary/aromatic N) is 4. The normalized spacial score (nSPS) is 18.5. The molecule has 1 aliphatic heterocycles. The maximum atomic E-state index is 12.5. The average molecular weight is 340 g/mol. The Morgan fingerprint density at radius 3 is 3.04 bits per heavy atom. The molecule has 3 heterocycles. The second kappa shape index (κ2) is 6.64. The number of para-hydroxylation sites is 2. The number of piperidine rings is 1. The van der Waals surface area contributed by atoms with E-state index >= 15 is 0 Å². The van der Waals surface area contributed by atoms with Crippen LogP contribution in [-0.4, -0.2) is 44.0 Å². The van der Waals surface area contributed by atoms with Gasteiger partial charge in [0.1, 0.15) is 0 Å². The molecule has 25 heavy (non-hydrogen) atoms. The van der Waals surface area contributed by atoms with E-state index in [0.717, 1.165) is 36.8 Å². The highest BCUT2D eigenvalue weighted by Crippen LogP contribution is 2.29. The van der Waals surface area contributed by atoms with Crippen molar-refractivity contribution in [3.05, 3.63) is 36.0 Å². The maximum absolute atomic E-state index is 12.5. The number of likely N-dealkylation sites (tertiary alicyclic amines) is 1. The van der Waals surface area contributed by atoms with Gasteiger partial charge in [-0.25, -0.2) is 4.98 Å². The Kier molecular flexibility index (Phi) is 4.19. The number of benzene rings is 1. The van der Waals surface area contributed by atoms with E-state index in [1.165, 1.54) is 0 Å². The fraction of sp³-hybridized carbons (Fsp3) is 0.412. The first-order valence-corrected chi connectivity index (χ1v) is 8.48. The van der Waals surface area contributed by atoms with Crippen molar-refractivity contribution in [3.8, 4) is 0 Å². The van der Waals surface area contributed by atoms with Crippen molar-refractivity contribution in [2.24, 2.45) is 0 Å². The number of aryl methyl sites for hydroxylation is 1. The predicted molar refractivity (Wildman–Crippen MR) is 91.9 cm³/mol. The number of aromatic nitrogens is 4. The number of fused-ring (bicyclic) bond motifs is 1. The van der Waals surface area contributed by atoms with Crippen molar-refractivity contribution >= 4 is 22.9 Å². The molecule has 8 heteroatoms. The molecule has 1 atom stereocenters. The molecule has 1 saturated heterocycles. The summed E-state index contributed by atoms with van der Waals surface area (Å²) in [5, 5.41) is 6.71. The summed E-state index contributed by atoms with van der Waals surface area (Å²) >= 11 is 0. The Morgan fingerprint density at radius 2 is 2.24 bits per heavy atom. The van der Waals surface area contributed by atoms with Crippen LogP contribution in [0.25, 0.3) is 11.0 Å². The topological polar surface area (TPSA) is 99.9 Å². The van der Waals surface area contributed by atoms with Crippen LogP contribution in [0.3, 0.4) is 0 Å². The minimum atomic E-state index is -0.109. The van der Waals surface area contributed by atoms with E-state index in [0.29, 0.717) is 17.7 Å². The van der Waals surface area contributed by atoms with Crippen molar-refractivity contribution < 1.29 is 9.32 Å². The minimum absolute atomic E-state index is 0.00336. The number of nitrogens with one attached hydrogen (secondary N) is 2. The number of amides is 1. The lowest BCUT2D eigenvalue weighted by atomic mass is 10.0. The van der Waals surface area contributed by atoms with Gasteiger partial charge in [0.25, 0.3) is 0 Å². The smallest absolute Gasteiger partial charge is 0.243 e. The Balaban J connectivity index is 1.44. The van der Waals surface area contributed by atoms with Crippen molar-refractivity contribution in [3.63, 3.8) is 0 Å². The van der Waals surface area contributed by atoms with Gasteiger partial charge in [-0.15, -0.1) is 0 Å². The Bertz CT molecular complexity index is 853. The Labute approximate surface area is 144 Å². The van der Waals surface area contributed by atoms with Gasteiger partial charge in [0.2, 0.25) is 17.7 Å². The third kappa shape index (κ3) is 3.39. The third-order valence-corrected chi connectivity index (χ3v) is 4.44. The lowest BCUT2D eigenvalue weighted by Gasteiger charge is -2.32. The molecule has 0 unspecified atom stereocenters. The molecule has 1 aliphatic rings. The number of hydrogen-bond donors (Lipinski definition) is 2. The molecule has 1 amide bonds. The highest BCUT2D eigenvalue weighted by atomic mass is 16.5. The molecule has 2 aromatic heterocycles. The zero-order chi connectivity index (χ0) is 17.2. The molecule has 130 valence electrons. The molecule has 8 nitrogen and oxygen atoms in total. The standard InChI is InChI=1S/C17H20N6O2/c1-11-18-16(25-22-11)14-8-4-5-9-23(14)10-15(24)21-17-19-12-6-2-3-7-13(12)20-17/h2-3,6-7,14H,4-5,8-10H2,1H3,(H2,19,20,21,24)/t14-/m1/s1. The monoisotopic (exact) mass is 340 g/mol. The molecule has 3 aromatic rings. The fourth-order valence-corrected chi connectivity index (χ4v) is 3.28. The second-order valence-electron chi connectivity index (χ2n) is 6.31. The summed E-state index contributed by atoms with van der Waals surface area (Å²) in [7, 11) is 0. The van der Waals surface area contributed by atoms with Crippen LogP contribution in [0.5, 0.6) is 0 Å². The first-order chi connectivity index (χ1) is 12.2. The predicted octanol–water partition coefficient (Wildman–Crippen LogP) is 2.42. The number of aromatic amines is 1. The average Bonchev–Trinajstić information content (AvgIpc) is 3.20. The summed E-state index contributed by atoms with van der Waals surface area (Å²) in [6.07, 6.45) is 3.06. The van der Waals surface area contributed by atoms with Crippen LogP contribution in [0, 0.1) is 6.92 Å². The number of anilines is 1. The molecule has 4 rings (SSSR count). The van der Waals surface area contributed by atoms with Gasteiger partial charge in [-0.05, 0) is 38.4 Å². The van der Waals surface area contributed by atoms with E-state index < -0.39 is 0 Å². The Morgan fingerprint density at radius 1 is 1.36 bits per heavy atom. The summed E-state index contributed by atoms with van der Waals surface area (Å²) in [5.41, 5.74) is 1.73. The number of rotatable bonds is 4. The van der Waals surface area contributed by atoms with Gasteiger partial charge in [-0.1, -0.05) is 23.7 Å². The van der Waals surface area contributed by atoms with Crippen LogP contribution in [0.4, 0.5) is 5.95 Å². The van der Waals surface area contributed by atoms with Crippen molar-refractivity contribution in [2.45, 2.75) is 32.2 Å². The van der Waals surface area contributed by atoms with Crippen LogP contribution in [0.15, 0.2) is 28.8 Å². The van der Waals surface area contributed by atoms with Gasteiger partial charge in [-0.3, -0.25) is 15.0 Å². The summed E-state index contributed by atoms with van der Waals surface area (Å²) < 4.78 is 5.32. The largest absolute Gasteiger partial charge is 0.338 e. The second-order valence-corrected chi connectivity index (χ2v) is 6.31. The fourth-order valence-electron chi connectivity index (χ4n) is 3.28. The van der Waals surface area contributed by atoms with Crippen LogP contribution in [0.1, 0.15) is 37.0 Å². The van der Waals surface area contributed by atoms with Gasteiger partial charge >= 0.3 is 0 Å². The number of carbonyl (C=O) groups excluding carboxylic acids is 1. The van der Waals surface area contributed by atoms with E-state index in [-0.39, 0.29) is 18.5 Å². The van der Waals surface area contributed by atoms with E-state index in [2.05, 4.69) is 30.3 Å². The highest BCUT2D eigenvalue weighted by Gasteiger charge is 2.29. The Hall–Kier alpha value is -2.74. The minimum Gasteiger partial charge on any atom is -0.338 e. The zero-order valence-electron chi connectivity index (χ0n) is 14.0. The summed E-state index contributed by atoms with van der Waals surface area (Å²) in [6.45, 7) is 2.90. The highest BCUT2D eigenvalue weighted by molar-refractivity contribution is 5.92. The summed E-state index contributed by atoms with van der Waals surface area (Å²) in [5.74, 6) is 1.57. The van der Waals surface area contributed by atoms with Crippen molar-refractivity contribution in [1.82, 2.24) is 25.0 Å². The van der Waals surface area contributed by atoms with Gasteiger partial charge in [-0.2, -0.15) is 4.98 Å². The molecule has 1 aromatic carbocycles. The summed E-state index contributed by atoms with van der Waals surface area (Å²) in [4.78, 5) is 26.4. The van der Waals surface area contributed by atoms with Gasteiger partial charge in [0.05, 0.1) is 23.6 Å². The van der Waals surface area contributed by atoms with E-state index in [4.69, 9.17) is 4.52 Å². The number of H-pyrrole nitrogens is 1. The molecule has 0 aliphatic carbocycles. The van der Waals surface area contributed by atoms with E-state index in [9.17, 15) is 4.79 Å². The summed E-state index contributed by atoms with van der Waals surface area (Å²) in [6, 6.07) is 7.67. The van der Waals surface area contributed by atoms with Crippen LogP contribution < -0.4 is 5.32 Å². The van der Waals surface area contributed by atoms with Crippen LogP contribution in [0.2, 0.25) is 0 Å². The third-order valence-electron chi connectivity index (χ3n) is 4.44. The number of imidazole rings is 1. The van der Waals surface area contributed by atoms with Gasteiger partial charge in [0, 0.05) is 0 Å². The quantitative estimate of drug-likeness (QED) is 0.756. The number of carbonyl (C=O) groups is 1. The molecular weight excluding hydrogens is 320 g/mol. The molecule has 1 fully saturated rings. The van der Waals surface area contributed by atoms with Crippen molar-refractivity contribution in [2.75, 3.05) is 18.4 Å².